The van der Waals surface area contributed by atoms with Crippen LogP contribution in [0.25, 0.3) is 0 Å². The molecule has 1 aliphatic rings. The number of carbonyl (C=O) groups is 2. The Kier molecular flexibility index (Phi) is 4.12. The van der Waals surface area contributed by atoms with Gasteiger partial charge in [0.25, 0.3) is 0 Å². The van der Waals surface area contributed by atoms with E-state index in [-0.39, 0.29) is 35.1 Å². The van der Waals surface area contributed by atoms with Crippen LogP contribution in [0, 0.1) is 23.0 Å². The SMILES string of the molecule is CC(C)(C)C1CC(=O)N(CC(=O)c2ccc(F)c(F)c2)C1. The lowest BCUT2D eigenvalue weighted by molar-refractivity contribution is -0.127. The summed E-state index contributed by atoms with van der Waals surface area (Å²) < 4.78 is 26.0. The molecule has 5 heteroatoms. The first-order chi connectivity index (χ1) is 9.68. The molecule has 0 radical (unpaired) electrons. The molecule has 0 aliphatic carbocycles. The van der Waals surface area contributed by atoms with Crippen molar-refractivity contribution in [2.45, 2.75) is 27.2 Å². The normalized spacial score (nSPS) is 19.2. The van der Waals surface area contributed by atoms with Crippen LogP contribution in [0.2, 0.25) is 0 Å². The maximum Gasteiger partial charge on any atom is 0.223 e. The maximum absolute atomic E-state index is 13.1. The van der Waals surface area contributed by atoms with E-state index in [0.717, 1.165) is 12.1 Å². The highest BCUT2D eigenvalue weighted by atomic mass is 19.2. The van der Waals surface area contributed by atoms with Gasteiger partial charge in [-0.1, -0.05) is 20.8 Å². The first-order valence-corrected chi connectivity index (χ1v) is 6.94. The number of nitrogens with zero attached hydrogens (tertiary/aromatic N) is 1. The molecule has 0 aromatic heterocycles. The van der Waals surface area contributed by atoms with Gasteiger partial charge in [0.05, 0.1) is 6.54 Å². The fraction of sp³-hybridized carbons (Fsp3) is 0.500. The van der Waals surface area contributed by atoms with E-state index in [1.807, 2.05) is 0 Å². The minimum atomic E-state index is -1.05. The van der Waals surface area contributed by atoms with E-state index in [4.69, 9.17) is 0 Å². The molecule has 21 heavy (non-hydrogen) atoms. The van der Waals surface area contributed by atoms with Crippen molar-refractivity contribution >= 4 is 11.7 Å². The number of rotatable bonds is 3. The predicted molar refractivity (Wildman–Crippen MR) is 74.8 cm³/mol. The summed E-state index contributed by atoms with van der Waals surface area (Å²) in [4.78, 5) is 25.5. The predicted octanol–water partition coefficient (Wildman–Crippen LogP) is 3.04. The Balaban J connectivity index is 2.06. The highest BCUT2D eigenvalue weighted by Crippen LogP contribution is 2.34. The summed E-state index contributed by atoms with van der Waals surface area (Å²) in [6.07, 6.45) is 0.425. The number of benzene rings is 1. The Morgan fingerprint density at radius 2 is 1.95 bits per heavy atom. The summed E-state index contributed by atoms with van der Waals surface area (Å²) in [7, 11) is 0. The van der Waals surface area contributed by atoms with Crippen LogP contribution in [-0.2, 0) is 4.79 Å². The van der Waals surface area contributed by atoms with Crippen LogP contribution >= 0.6 is 0 Å². The van der Waals surface area contributed by atoms with Gasteiger partial charge < -0.3 is 4.90 Å². The maximum atomic E-state index is 13.1. The molecule has 1 atom stereocenters. The lowest BCUT2D eigenvalue weighted by Crippen LogP contribution is -2.32. The van der Waals surface area contributed by atoms with Crippen LogP contribution in [0.3, 0.4) is 0 Å². The average Bonchev–Trinajstić information content (AvgIpc) is 2.74. The second-order valence-electron chi connectivity index (χ2n) is 6.59. The van der Waals surface area contributed by atoms with E-state index in [1.54, 1.807) is 0 Å². The van der Waals surface area contributed by atoms with Crippen molar-refractivity contribution in [3.8, 4) is 0 Å². The molecule has 1 fully saturated rings. The lowest BCUT2D eigenvalue weighted by Gasteiger charge is -2.26. The van der Waals surface area contributed by atoms with Gasteiger partial charge in [-0.2, -0.15) is 0 Å². The molecule has 1 heterocycles. The first kappa shape index (κ1) is 15.6. The third-order valence-electron chi connectivity index (χ3n) is 4.02. The van der Waals surface area contributed by atoms with Gasteiger partial charge in [-0.15, -0.1) is 0 Å². The van der Waals surface area contributed by atoms with Gasteiger partial charge in [-0.25, -0.2) is 8.78 Å². The van der Waals surface area contributed by atoms with Gasteiger partial charge >= 0.3 is 0 Å². The molecule has 0 N–H and O–H groups in total. The molecular formula is C16H19F2NO2. The number of amides is 1. The summed E-state index contributed by atoms with van der Waals surface area (Å²) in [6.45, 7) is 6.62. The van der Waals surface area contributed by atoms with E-state index in [9.17, 15) is 18.4 Å². The Morgan fingerprint density at radius 1 is 1.29 bits per heavy atom. The van der Waals surface area contributed by atoms with Crippen molar-refractivity contribution in [1.82, 2.24) is 4.90 Å². The number of halogens is 2. The molecule has 1 unspecified atom stereocenters. The Hall–Kier alpha value is -1.78. The molecule has 1 amide bonds. The number of carbonyl (C=O) groups excluding carboxylic acids is 2. The largest absolute Gasteiger partial charge is 0.335 e. The lowest BCUT2D eigenvalue weighted by atomic mass is 9.80. The van der Waals surface area contributed by atoms with Gasteiger partial charge in [0.15, 0.2) is 17.4 Å². The van der Waals surface area contributed by atoms with Crippen LogP contribution in [-0.4, -0.2) is 29.7 Å². The molecule has 3 nitrogen and oxygen atoms in total. The minimum absolute atomic E-state index is 0.00452. The molecule has 1 aromatic carbocycles. The zero-order valence-corrected chi connectivity index (χ0v) is 12.5. The van der Waals surface area contributed by atoms with Gasteiger partial charge in [0.1, 0.15) is 0 Å². The molecule has 0 bridgehead atoms. The standard InChI is InChI=1S/C16H19F2NO2/c1-16(2,3)11-7-15(21)19(8-11)9-14(20)10-4-5-12(17)13(18)6-10/h4-6,11H,7-9H2,1-3H3. The van der Waals surface area contributed by atoms with Crippen molar-refractivity contribution in [2.75, 3.05) is 13.1 Å². The van der Waals surface area contributed by atoms with E-state index in [2.05, 4.69) is 20.8 Å². The molecular weight excluding hydrogens is 276 g/mol. The van der Waals surface area contributed by atoms with E-state index < -0.39 is 11.6 Å². The van der Waals surface area contributed by atoms with Crippen molar-refractivity contribution in [3.05, 3.63) is 35.4 Å². The van der Waals surface area contributed by atoms with E-state index in [1.165, 1.54) is 11.0 Å². The topological polar surface area (TPSA) is 37.4 Å². The molecule has 1 saturated heterocycles. The minimum Gasteiger partial charge on any atom is -0.335 e. The molecule has 2 rings (SSSR count). The number of hydrogen-bond donors (Lipinski definition) is 0. The quantitative estimate of drug-likeness (QED) is 0.804. The Bertz CT molecular complexity index is 578. The van der Waals surface area contributed by atoms with Crippen LogP contribution in [0.1, 0.15) is 37.6 Å². The third kappa shape index (κ3) is 3.46. The molecule has 0 spiro atoms. The Labute approximate surface area is 122 Å². The van der Waals surface area contributed by atoms with Gasteiger partial charge in [-0.05, 0) is 29.5 Å². The summed E-state index contributed by atoms with van der Waals surface area (Å²) in [5.74, 6) is -2.29. The number of hydrogen-bond acceptors (Lipinski definition) is 2. The van der Waals surface area contributed by atoms with Crippen LogP contribution < -0.4 is 0 Å². The smallest absolute Gasteiger partial charge is 0.223 e. The number of Topliss-reactive ketones (excluding diaryl/α,β-unsaturated/α-hetero) is 1. The fourth-order valence-corrected chi connectivity index (χ4v) is 2.44. The van der Waals surface area contributed by atoms with E-state index >= 15 is 0 Å². The van der Waals surface area contributed by atoms with Crippen molar-refractivity contribution in [1.29, 1.82) is 0 Å². The van der Waals surface area contributed by atoms with Crippen molar-refractivity contribution < 1.29 is 18.4 Å². The van der Waals surface area contributed by atoms with Gasteiger partial charge in [0.2, 0.25) is 5.91 Å². The molecule has 1 aliphatic heterocycles. The highest BCUT2D eigenvalue weighted by Gasteiger charge is 2.37. The van der Waals surface area contributed by atoms with Crippen LogP contribution in [0.5, 0.6) is 0 Å². The second kappa shape index (κ2) is 5.54. The van der Waals surface area contributed by atoms with Crippen molar-refractivity contribution in [3.63, 3.8) is 0 Å². The molecule has 114 valence electrons. The van der Waals surface area contributed by atoms with Gasteiger partial charge in [-0.3, -0.25) is 9.59 Å². The third-order valence-corrected chi connectivity index (χ3v) is 4.02. The van der Waals surface area contributed by atoms with E-state index in [0.29, 0.717) is 13.0 Å². The molecule has 0 saturated carbocycles. The monoisotopic (exact) mass is 295 g/mol. The summed E-state index contributed by atoms with van der Waals surface area (Å²) in [6, 6.07) is 3.04. The average molecular weight is 295 g/mol. The highest BCUT2D eigenvalue weighted by molar-refractivity contribution is 5.99. The summed E-state index contributed by atoms with van der Waals surface area (Å²) in [5.41, 5.74) is 0.0797. The summed E-state index contributed by atoms with van der Waals surface area (Å²) >= 11 is 0. The first-order valence-electron chi connectivity index (χ1n) is 6.94. The fourth-order valence-electron chi connectivity index (χ4n) is 2.44. The number of likely N-dealkylation sites (tertiary alicyclic amines) is 1. The molecule has 1 aromatic rings. The zero-order chi connectivity index (χ0) is 15.8. The van der Waals surface area contributed by atoms with Crippen LogP contribution in [0.4, 0.5) is 8.78 Å². The number of ketones is 1. The second-order valence-corrected chi connectivity index (χ2v) is 6.59. The summed E-state index contributed by atoms with van der Waals surface area (Å²) in [5, 5.41) is 0. The van der Waals surface area contributed by atoms with Crippen molar-refractivity contribution in [2.24, 2.45) is 11.3 Å². The van der Waals surface area contributed by atoms with Gasteiger partial charge in [0, 0.05) is 18.5 Å². The Morgan fingerprint density at radius 3 is 2.48 bits per heavy atom. The van der Waals surface area contributed by atoms with Crippen LogP contribution in [0.15, 0.2) is 18.2 Å². The zero-order valence-electron chi connectivity index (χ0n) is 12.5.